The Balaban J connectivity index is 1.94. The number of rotatable bonds is 6. The minimum atomic E-state index is -0.332. The molecule has 0 aliphatic heterocycles. The normalized spacial score (nSPS) is 10.6. The largest absolute Gasteiger partial charge is 0.497 e. The van der Waals surface area contributed by atoms with Gasteiger partial charge in [0.15, 0.2) is 0 Å². The second-order valence-electron chi connectivity index (χ2n) is 5.45. The van der Waals surface area contributed by atoms with Gasteiger partial charge in [-0.05, 0) is 29.8 Å². The van der Waals surface area contributed by atoms with Gasteiger partial charge in [-0.25, -0.2) is 0 Å². The molecule has 0 radical (unpaired) electrons. The Hall–Kier alpha value is -2.50. The number of benzene rings is 2. The molecule has 0 atom stereocenters. The summed E-state index contributed by atoms with van der Waals surface area (Å²) in [6, 6.07) is 12.1. The summed E-state index contributed by atoms with van der Waals surface area (Å²) in [5, 5.41) is 3.50. The molecule has 7 heteroatoms. The molecule has 0 saturated carbocycles. The smallest absolute Gasteiger partial charge is 0.246 e. The highest BCUT2D eigenvalue weighted by Gasteiger charge is 2.11. The Labute approximate surface area is 162 Å². The van der Waals surface area contributed by atoms with E-state index in [1.807, 2.05) is 0 Å². The summed E-state index contributed by atoms with van der Waals surface area (Å²) in [6.07, 6.45) is 2.91. The zero-order valence-corrected chi connectivity index (χ0v) is 15.8. The van der Waals surface area contributed by atoms with E-state index in [-0.39, 0.29) is 18.4 Å². The number of anilines is 1. The van der Waals surface area contributed by atoms with Crippen LogP contribution >= 0.6 is 23.2 Å². The number of nitrogens with zero attached hydrogens (tertiary/aromatic N) is 1. The third kappa shape index (κ3) is 5.51. The lowest BCUT2D eigenvalue weighted by Gasteiger charge is -2.15. The van der Waals surface area contributed by atoms with Gasteiger partial charge in [0.25, 0.3) is 0 Å². The van der Waals surface area contributed by atoms with Crippen LogP contribution in [0.15, 0.2) is 48.5 Å². The average Bonchev–Trinajstić information content (AvgIpc) is 2.62. The Morgan fingerprint density at radius 1 is 1.19 bits per heavy atom. The number of carbonyl (C=O) groups excluding carboxylic acids is 2. The van der Waals surface area contributed by atoms with Gasteiger partial charge in [0, 0.05) is 24.9 Å². The van der Waals surface area contributed by atoms with E-state index in [9.17, 15) is 9.59 Å². The summed E-state index contributed by atoms with van der Waals surface area (Å²) < 4.78 is 5.10. The van der Waals surface area contributed by atoms with Crippen LogP contribution in [0.3, 0.4) is 0 Å². The van der Waals surface area contributed by atoms with E-state index in [1.165, 1.54) is 18.0 Å². The first-order valence-electron chi connectivity index (χ1n) is 7.72. The molecule has 0 aliphatic rings. The molecule has 2 aromatic rings. The van der Waals surface area contributed by atoms with Gasteiger partial charge >= 0.3 is 0 Å². The molecule has 2 aromatic carbocycles. The first kappa shape index (κ1) is 19.8. The molecule has 1 N–H and O–H groups in total. The summed E-state index contributed by atoms with van der Waals surface area (Å²) in [5.41, 5.74) is 1.22. The van der Waals surface area contributed by atoms with Gasteiger partial charge in [-0.2, -0.15) is 0 Å². The van der Waals surface area contributed by atoms with Crippen LogP contribution in [0, 0.1) is 0 Å². The maximum Gasteiger partial charge on any atom is 0.246 e. The van der Waals surface area contributed by atoms with E-state index in [0.29, 0.717) is 27.0 Å². The molecule has 136 valence electrons. The van der Waals surface area contributed by atoms with E-state index in [1.54, 1.807) is 55.7 Å². The number of methoxy groups -OCH3 is 1. The van der Waals surface area contributed by atoms with Crippen molar-refractivity contribution in [1.82, 2.24) is 4.90 Å². The van der Waals surface area contributed by atoms with Crippen LogP contribution in [0.4, 0.5) is 5.69 Å². The highest BCUT2D eigenvalue weighted by atomic mass is 35.5. The van der Waals surface area contributed by atoms with E-state index < -0.39 is 0 Å². The van der Waals surface area contributed by atoms with Crippen LogP contribution in [0.25, 0.3) is 6.08 Å². The summed E-state index contributed by atoms with van der Waals surface area (Å²) >= 11 is 12.0. The lowest BCUT2D eigenvalue weighted by molar-refractivity contribution is -0.129. The van der Waals surface area contributed by atoms with Crippen molar-refractivity contribution in [3.63, 3.8) is 0 Å². The quantitative estimate of drug-likeness (QED) is 0.752. The van der Waals surface area contributed by atoms with Crippen molar-refractivity contribution < 1.29 is 14.3 Å². The molecule has 0 saturated heterocycles. The summed E-state index contributed by atoms with van der Waals surface area (Å²) in [6.45, 7) is -0.0936. The van der Waals surface area contributed by atoms with Gasteiger partial charge in [-0.3, -0.25) is 9.59 Å². The predicted octanol–water partition coefficient (Wildman–Crippen LogP) is 4.11. The predicted molar refractivity (Wildman–Crippen MR) is 105 cm³/mol. The molecule has 0 fully saturated rings. The lowest BCUT2D eigenvalue weighted by atomic mass is 10.2. The second-order valence-corrected chi connectivity index (χ2v) is 6.24. The van der Waals surface area contributed by atoms with Crippen molar-refractivity contribution in [3.05, 3.63) is 64.1 Å². The number of amides is 2. The zero-order valence-electron chi connectivity index (χ0n) is 14.3. The average molecular weight is 393 g/mol. The molecule has 2 rings (SSSR count). The fourth-order valence-electron chi connectivity index (χ4n) is 2.13. The maximum absolute atomic E-state index is 12.2. The molecule has 2 amide bonds. The van der Waals surface area contributed by atoms with Gasteiger partial charge in [-0.15, -0.1) is 0 Å². The monoisotopic (exact) mass is 392 g/mol. The van der Waals surface area contributed by atoms with Crippen LogP contribution in [0.2, 0.25) is 10.0 Å². The number of hydrogen-bond donors (Lipinski definition) is 1. The standard InChI is InChI=1S/C19H18Cl2N2O3/c1-23(12-17(24)22-14-6-4-7-15(11-14)26-2)18(25)10-9-13-5-3-8-16(20)19(13)21/h3-11H,12H2,1-2H3,(H,22,24)/b10-9+. The maximum atomic E-state index is 12.2. The highest BCUT2D eigenvalue weighted by molar-refractivity contribution is 6.42. The minimum Gasteiger partial charge on any atom is -0.497 e. The second kappa shape index (κ2) is 9.27. The lowest BCUT2D eigenvalue weighted by Crippen LogP contribution is -2.33. The molecular weight excluding hydrogens is 375 g/mol. The molecule has 0 spiro atoms. The van der Waals surface area contributed by atoms with Crippen LogP contribution in [0.5, 0.6) is 5.75 Å². The summed E-state index contributed by atoms with van der Waals surface area (Å²) in [5.74, 6) is -0.0151. The Morgan fingerprint density at radius 3 is 2.65 bits per heavy atom. The van der Waals surface area contributed by atoms with E-state index >= 15 is 0 Å². The topological polar surface area (TPSA) is 58.6 Å². The van der Waals surface area contributed by atoms with Gasteiger partial charge < -0.3 is 15.0 Å². The van der Waals surface area contributed by atoms with E-state index in [2.05, 4.69) is 5.32 Å². The molecule has 0 aromatic heterocycles. The van der Waals surface area contributed by atoms with E-state index in [4.69, 9.17) is 27.9 Å². The van der Waals surface area contributed by atoms with Gasteiger partial charge in [-0.1, -0.05) is 41.4 Å². The minimum absolute atomic E-state index is 0.0936. The summed E-state index contributed by atoms with van der Waals surface area (Å²) in [4.78, 5) is 25.6. The van der Waals surface area contributed by atoms with Crippen molar-refractivity contribution in [2.75, 3.05) is 26.0 Å². The SMILES string of the molecule is COc1cccc(NC(=O)CN(C)C(=O)/C=C/c2cccc(Cl)c2Cl)c1. The van der Waals surface area contributed by atoms with Gasteiger partial charge in [0.05, 0.1) is 23.7 Å². The zero-order chi connectivity index (χ0) is 19.1. The molecule has 0 aliphatic carbocycles. The number of hydrogen-bond acceptors (Lipinski definition) is 3. The van der Waals surface area contributed by atoms with Crippen molar-refractivity contribution >= 4 is 46.8 Å². The first-order valence-corrected chi connectivity index (χ1v) is 8.47. The molecule has 0 unspecified atom stereocenters. The third-order valence-corrected chi connectivity index (χ3v) is 4.33. The Kier molecular flexibility index (Phi) is 7.06. The highest BCUT2D eigenvalue weighted by Crippen LogP contribution is 2.26. The van der Waals surface area contributed by atoms with Crippen LogP contribution in [-0.2, 0) is 9.59 Å². The molecular formula is C19H18Cl2N2O3. The van der Waals surface area contributed by atoms with Crippen LogP contribution in [-0.4, -0.2) is 37.4 Å². The van der Waals surface area contributed by atoms with E-state index in [0.717, 1.165) is 0 Å². The van der Waals surface area contributed by atoms with Crippen molar-refractivity contribution in [2.45, 2.75) is 0 Å². The fraction of sp³-hybridized carbons (Fsp3) is 0.158. The van der Waals surface area contributed by atoms with Crippen molar-refractivity contribution in [3.8, 4) is 5.75 Å². The molecule has 0 heterocycles. The number of likely N-dealkylation sites (N-methyl/N-ethyl adjacent to an activating group) is 1. The third-order valence-electron chi connectivity index (χ3n) is 3.50. The number of halogens is 2. The molecule has 5 nitrogen and oxygen atoms in total. The molecule has 26 heavy (non-hydrogen) atoms. The Bertz CT molecular complexity index is 837. The first-order chi connectivity index (χ1) is 12.4. The number of nitrogens with one attached hydrogen (secondary N) is 1. The van der Waals surface area contributed by atoms with Crippen molar-refractivity contribution in [1.29, 1.82) is 0 Å². The van der Waals surface area contributed by atoms with Crippen molar-refractivity contribution in [2.24, 2.45) is 0 Å². The fourth-order valence-corrected chi connectivity index (χ4v) is 2.50. The summed E-state index contributed by atoms with van der Waals surface area (Å²) in [7, 11) is 3.09. The number of carbonyl (C=O) groups is 2. The van der Waals surface area contributed by atoms with Gasteiger partial charge in [0.1, 0.15) is 5.75 Å². The van der Waals surface area contributed by atoms with Crippen LogP contribution < -0.4 is 10.1 Å². The molecule has 0 bridgehead atoms. The van der Waals surface area contributed by atoms with Gasteiger partial charge in [0.2, 0.25) is 11.8 Å². The van der Waals surface area contributed by atoms with Crippen LogP contribution in [0.1, 0.15) is 5.56 Å². The number of ether oxygens (including phenoxy) is 1. The Morgan fingerprint density at radius 2 is 1.92 bits per heavy atom.